The first-order chi connectivity index (χ1) is 12.8. The van der Waals surface area contributed by atoms with Gasteiger partial charge in [-0.1, -0.05) is 48.5 Å². The highest BCUT2D eigenvalue weighted by Crippen LogP contribution is 2.33. The number of nitrogens with one attached hydrogen (secondary N) is 1. The van der Waals surface area contributed by atoms with Crippen LogP contribution >= 0.6 is 0 Å². The molecule has 2 aromatic rings. The van der Waals surface area contributed by atoms with Crippen LogP contribution in [0.2, 0.25) is 0 Å². The predicted octanol–water partition coefficient (Wildman–Crippen LogP) is 3.62. The Balaban J connectivity index is 1.38. The lowest BCUT2D eigenvalue weighted by Crippen LogP contribution is -2.42. The fourth-order valence-electron chi connectivity index (χ4n) is 4.12. The van der Waals surface area contributed by atoms with E-state index in [-0.39, 0.29) is 0 Å². The van der Waals surface area contributed by atoms with Crippen molar-refractivity contribution < 1.29 is 4.74 Å². The number of para-hydroxylation sites is 1. The van der Waals surface area contributed by atoms with Gasteiger partial charge in [0.2, 0.25) is 0 Å². The SMILES string of the molecule is CN=C(NCC1CCOc2ccccc21)N1CCC(c2ccccc2)C1. The standard InChI is InChI=1S/C22H27N3O/c1-23-22(25-13-11-19(16-25)17-7-3-2-4-8-17)24-15-18-12-14-26-21-10-6-5-9-20(18)21/h2-10,18-19H,11-16H2,1H3,(H,23,24). The van der Waals surface area contributed by atoms with Crippen LogP contribution in [0.15, 0.2) is 59.6 Å². The summed E-state index contributed by atoms with van der Waals surface area (Å²) in [5.41, 5.74) is 2.74. The van der Waals surface area contributed by atoms with Crippen molar-refractivity contribution >= 4 is 5.96 Å². The number of ether oxygens (including phenoxy) is 1. The summed E-state index contributed by atoms with van der Waals surface area (Å²) in [5.74, 6) is 3.13. The maximum absolute atomic E-state index is 5.78. The molecule has 0 amide bonds. The first-order valence-corrected chi connectivity index (χ1v) is 9.57. The minimum absolute atomic E-state index is 0.476. The van der Waals surface area contributed by atoms with Gasteiger partial charge >= 0.3 is 0 Å². The quantitative estimate of drug-likeness (QED) is 0.679. The molecule has 1 N–H and O–H groups in total. The van der Waals surface area contributed by atoms with Crippen LogP contribution in [0.3, 0.4) is 0 Å². The molecule has 1 saturated heterocycles. The van der Waals surface area contributed by atoms with Crippen LogP contribution in [-0.4, -0.2) is 44.1 Å². The van der Waals surface area contributed by atoms with E-state index in [2.05, 4.69) is 63.7 Å². The fraction of sp³-hybridized carbons (Fsp3) is 0.409. The van der Waals surface area contributed by atoms with E-state index in [0.29, 0.717) is 11.8 Å². The largest absolute Gasteiger partial charge is 0.493 e. The van der Waals surface area contributed by atoms with Crippen molar-refractivity contribution in [3.8, 4) is 5.75 Å². The minimum atomic E-state index is 0.476. The van der Waals surface area contributed by atoms with E-state index in [1.165, 1.54) is 17.5 Å². The van der Waals surface area contributed by atoms with Crippen LogP contribution in [0.5, 0.6) is 5.75 Å². The van der Waals surface area contributed by atoms with Gasteiger partial charge in [0.25, 0.3) is 0 Å². The van der Waals surface area contributed by atoms with Gasteiger partial charge in [-0.25, -0.2) is 0 Å². The molecular weight excluding hydrogens is 322 g/mol. The summed E-state index contributed by atoms with van der Waals surface area (Å²) in [6.45, 7) is 3.79. The zero-order valence-corrected chi connectivity index (χ0v) is 15.4. The summed E-state index contributed by atoms with van der Waals surface area (Å²) in [5, 5.41) is 3.61. The molecule has 0 aliphatic carbocycles. The molecule has 2 heterocycles. The summed E-state index contributed by atoms with van der Waals surface area (Å²) in [4.78, 5) is 6.93. The van der Waals surface area contributed by atoms with E-state index >= 15 is 0 Å². The molecule has 2 aliphatic heterocycles. The van der Waals surface area contributed by atoms with Gasteiger partial charge in [-0.2, -0.15) is 0 Å². The molecule has 136 valence electrons. The van der Waals surface area contributed by atoms with E-state index in [1.54, 1.807) is 0 Å². The van der Waals surface area contributed by atoms with Crippen molar-refractivity contribution in [3.63, 3.8) is 0 Å². The maximum atomic E-state index is 5.78. The first-order valence-electron chi connectivity index (χ1n) is 9.57. The van der Waals surface area contributed by atoms with Crippen LogP contribution in [0.4, 0.5) is 0 Å². The zero-order chi connectivity index (χ0) is 17.8. The Labute approximate surface area is 155 Å². The number of nitrogens with zero attached hydrogens (tertiary/aromatic N) is 2. The molecule has 2 unspecified atom stereocenters. The van der Waals surface area contributed by atoms with Crippen LogP contribution < -0.4 is 10.1 Å². The number of guanidine groups is 1. The lowest BCUT2D eigenvalue weighted by Gasteiger charge is -2.28. The van der Waals surface area contributed by atoms with Gasteiger partial charge in [-0.15, -0.1) is 0 Å². The molecule has 4 heteroatoms. The molecule has 2 aliphatic rings. The van der Waals surface area contributed by atoms with Crippen LogP contribution in [-0.2, 0) is 0 Å². The number of hydrogen-bond donors (Lipinski definition) is 1. The van der Waals surface area contributed by atoms with E-state index in [0.717, 1.165) is 44.4 Å². The van der Waals surface area contributed by atoms with E-state index in [4.69, 9.17) is 4.74 Å². The number of hydrogen-bond acceptors (Lipinski definition) is 2. The summed E-state index contributed by atoms with van der Waals surface area (Å²) < 4.78 is 5.78. The molecule has 26 heavy (non-hydrogen) atoms. The lowest BCUT2D eigenvalue weighted by atomic mass is 9.93. The molecule has 4 rings (SSSR count). The summed E-state index contributed by atoms with van der Waals surface area (Å²) in [6, 6.07) is 19.2. The predicted molar refractivity (Wildman–Crippen MR) is 106 cm³/mol. The van der Waals surface area contributed by atoms with E-state index in [9.17, 15) is 0 Å². The highest BCUT2D eigenvalue weighted by Gasteiger charge is 2.27. The van der Waals surface area contributed by atoms with Crippen molar-refractivity contribution in [2.24, 2.45) is 4.99 Å². The average molecular weight is 349 g/mol. The normalized spacial score (nSPS) is 22.7. The molecule has 0 bridgehead atoms. The van der Waals surface area contributed by atoms with Gasteiger partial charge in [0.15, 0.2) is 5.96 Å². The maximum Gasteiger partial charge on any atom is 0.193 e. The Morgan fingerprint density at radius 3 is 2.77 bits per heavy atom. The third-order valence-corrected chi connectivity index (χ3v) is 5.56. The lowest BCUT2D eigenvalue weighted by molar-refractivity contribution is 0.266. The average Bonchev–Trinajstić information content (AvgIpc) is 3.19. The first kappa shape index (κ1) is 17.0. The van der Waals surface area contributed by atoms with Crippen LogP contribution in [0.25, 0.3) is 0 Å². The number of likely N-dealkylation sites (tertiary alicyclic amines) is 1. The Hall–Kier alpha value is -2.49. The van der Waals surface area contributed by atoms with Crippen molar-refractivity contribution in [2.45, 2.75) is 24.7 Å². The molecule has 1 fully saturated rings. The molecule has 0 saturated carbocycles. The monoisotopic (exact) mass is 349 g/mol. The summed E-state index contributed by atoms with van der Waals surface area (Å²) in [7, 11) is 1.89. The molecular formula is C22H27N3O. The summed E-state index contributed by atoms with van der Waals surface area (Å²) in [6.07, 6.45) is 2.23. The number of aliphatic imine (C=N–C) groups is 1. The van der Waals surface area contributed by atoms with Crippen LogP contribution in [0.1, 0.15) is 35.8 Å². The Morgan fingerprint density at radius 1 is 1.12 bits per heavy atom. The third-order valence-electron chi connectivity index (χ3n) is 5.56. The van der Waals surface area contributed by atoms with Crippen molar-refractivity contribution in [1.29, 1.82) is 0 Å². The van der Waals surface area contributed by atoms with Gasteiger partial charge in [0, 0.05) is 38.5 Å². The number of rotatable bonds is 3. The molecule has 4 nitrogen and oxygen atoms in total. The second kappa shape index (κ2) is 7.81. The van der Waals surface area contributed by atoms with Crippen molar-refractivity contribution in [2.75, 3.05) is 33.3 Å². The van der Waals surface area contributed by atoms with Gasteiger partial charge < -0.3 is 15.0 Å². The highest BCUT2D eigenvalue weighted by atomic mass is 16.5. The van der Waals surface area contributed by atoms with Gasteiger partial charge in [0.05, 0.1) is 6.61 Å². The Kier molecular flexibility index (Phi) is 5.09. The number of benzene rings is 2. The second-order valence-electron chi connectivity index (χ2n) is 7.14. The topological polar surface area (TPSA) is 36.9 Å². The second-order valence-corrected chi connectivity index (χ2v) is 7.14. The highest BCUT2D eigenvalue weighted by molar-refractivity contribution is 5.80. The zero-order valence-electron chi connectivity index (χ0n) is 15.4. The van der Waals surface area contributed by atoms with E-state index in [1.807, 2.05) is 13.1 Å². The Morgan fingerprint density at radius 2 is 1.92 bits per heavy atom. The molecule has 0 radical (unpaired) electrons. The van der Waals surface area contributed by atoms with Crippen molar-refractivity contribution in [1.82, 2.24) is 10.2 Å². The fourth-order valence-corrected chi connectivity index (χ4v) is 4.12. The van der Waals surface area contributed by atoms with Crippen LogP contribution in [0, 0.1) is 0 Å². The van der Waals surface area contributed by atoms with Gasteiger partial charge in [-0.05, 0) is 30.0 Å². The van der Waals surface area contributed by atoms with Crippen molar-refractivity contribution in [3.05, 3.63) is 65.7 Å². The Bertz CT molecular complexity index is 759. The molecule has 2 atom stereocenters. The smallest absolute Gasteiger partial charge is 0.193 e. The molecule has 0 aromatic heterocycles. The van der Waals surface area contributed by atoms with Gasteiger partial charge in [-0.3, -0.25) is 4.99 Å². The molecule has 0 spiro atoms. The minimum Gasteiger partial charge on any atom is -0.493 e. The third kappa shape index (κ3) is 3.55. The van der Waals surface area contributed by atoms with Gasteiger partial charge in [0.1, 0.15) is 5.75 Å². The van der Waals surface area contributed by atoms with E-state index < -0.39 is 0 Å². The number of fused-ring (bicyclic) bond motifs is 1. The summed E-state index contributed by atoms with van der Waals surface area (Å²) >= 11 is 0. The molecule has 2 aromatic carbocycles.